The van der Waals surface area contributed by atoms with E-state index < -0.39 is 50.5 Å². The summed E-state index contributed by atoms with van der Waals surface area (Å²) in [5.41, 5.74) is 4.11. The van der Waals surface area contributed by atoms with E-state index in [0.717, 1.165) is 4.57 Å². The number of rotatable bonds is 7. The molecule has 0 radical (unpaired) electrons. The Morgan fingerprint density at radius 2 is 2.07 bits per heavy atom. The average molecular weight is 417 g/mol. The Balaban J connectivity index is 2.29. The van der Waals surface area contributed by atoms with Gasteiger partial charge in [-0.2, -0.15) is 0 Å². The SMILES string of the molecule is CC(C)(C)[Si](C)(C)OC1[C@@H](CCNC(N)O)O[C@@H](n2ccc(=O)[nH]c2=O)[C@H]1O. The lowest BCUT2D eigenvalue weighted by molar-refractivity contribution is -0.0422. The highest BCUT2D eigenvalue weighted by Crippen LogP contribution is 2.41. The first kappa shape index (κ1) is 22.9. The van der Waals surface area contributed by atoms with Crippen LogP contribution >= 0.6 is 0 Å². The van der Waals surface area contributed by atoms with Crippen molar-refractivity contribution in [1.82, 2.24) is 14.9 Å². The van der Waals surface area contributed by atoms with Crippen LogP contribution in [0.25, 0.3) is 0 Å². The number of nitrogens with one attached hydrogen (secondary N) is 2. The zero-order valence-electron chi connectivity index (χ0n) is 17.0. The fraction of sp³-hybridized carbons (Fsp3) is 0.765. The number of aromatic amines is 1. The fourth-order valence-corrected chi connectivity index (χ4v) is 4.17. The van der Waals surface area contributed by atoms with E-state index >= 15 is 0 Å². The molecule has 0 amide bonds. The van der Waals surface area contributed by atoms with Crippen molar-refractivity contribution in [1.29, 1.82) is 0 Å². The van der Waals surface area contributed by atoms with Crippen molar-refractivity contribution in [2.45, 2.75) is 76.2 Å². The molecule has 0 saturated carbocycles. The van der Waals surface area contributed by atoms with Crippen molar-refractivity contribution in [3.63, 3.8) is 0 Å². The Morgan fingerprint density at radius 3 is 2.61 bits per heavy atom. The number of nitrogens with zero attached hydrogens (tertiary/aromatic N) is 1. The van der Waals surface area contributed by atoms with Crippen LogP contribution in [0.15, 0.2) is 21.9 Å². The number of H-pyrrole nitrogens is 1. The molecule has 0 spiro atoms. The van der Waals surface area contributed by atoms with Crippen LogP contribution in [0.1, 0.15) is 33.4 Å². The van der Waals surface area contributed by atoms with Gasteiger partial charge in [-0.25, -0.2) is 4.79 Å². The van der Waals surface area contributed by atoms with Crippen molar-refractivity contribution >= 4 is 8.32 Å². The Kier molecular flexibility index (Phi) is 7.02. The molecule has 2 rings (SSSR count). The third kappa shape index (κ3) is 5.17. The lowest BCUT2D eigenvalue weighted by Gasteiger charge is -2.40. The van der Waals surface area contributed by atoms with E-state index in [0.29, 0.717) is 13.0 Å². The van der Waals surface area contributed by atoms with Crippen molar-refractivity contribution < 1.29 is 19.4 Å². The first-order valence-electron chi connectivity index (χ1n) is 9.33. The molecule has 2 unspecified atom stereocenters. The summed E-state index contributed by atoms with van der Waals surface area (Å²) < 4.78 is 13.5. The van der Waals surface area contributed by atoms with Crippen molar-refractivity contribution in [2.24, 2.45) is 5.73 Å². The lowest BCUT2D eigenvalue weighted by atomic mass is 10.1. The van der Waals surface area contributed by atoms with Gasteiger partial charge in [0.15, 0.2) is 20.9 Å². The molecule has 1 aliphatic heterocycles. The number of hydrogen-bond donors (Lipinski definition) is 5. The molecule has 5 atom stereocenters. The van der Waals surface area contributed by atoms with Crippen LogP contribution in [0, 0.1) is 0 Å². The fourth-order valence-electron chi connectivity index (χ4n) is 2.85. The minimum atomic E-state index is -2.25. The summed E-state index contributed by atoms with van der Waals surface area (Å²) in [7, 11) is -2.25. The smallest absolute Gasteiger partial charge is 0.330 e. The maximum absolute atomic E-state index is 12.2. The highest BCUT2D eigenvalue weighted by Gasteiger charge is 2.50. The van der Waals surface area contributed by atoms with Crippen molar-refractivity contribution in [3.8, 4) is 0 Å². The van der Waals surface area contributed by atoms with E-state index in [-0.39, 0.29) is 5.04 Å². The van der Waals surface area contributed by atoms with Crippen molar-refractivity contribution in [2.75, 3.05) is 6.54 Å². The van der Waals surface area contributed by atoms with Crippen LogP contribution in [0.4, 0.5) is 0 Å². The Hall–Kier alpha value is -1.34. The summed E-state index contributed by atoms with van der Waals surface area (Å²) in [4.78, 5) is 25.7. The molecule has 28 heavy (non-hydrogen) atoms. The van der Waals surface area contributed by atoms with Gasteiger partial charge in [-0.15, -0.1) is 0 Å². The van der Waals surface area contributed by atoms with Gasteiger partial charge in [0.1, 0.15) is 12.2 Å². The quantitative estimate of drug-likeness (QED) is 0.292. The second-order valence-electron chi connectivity index (χ2n) is 8.60. The number of aliphatic hydroxyl groups excluding tert-OH is 2. The van der Waals surface area contributed by atoms with E-state index in [4.69, 9.17) is 14.9 Å². The molecule has 160 valence electrons. The van der Waals surface area contributed by atoms with E-state index in [1.54, 1.807) is 0 Å². The van der Waals surface area contributed by atoms with Gasteiger partial charge < -0.3 is 19.4 Å². The molecule has 1 aromatic rings. The predicted molar refractivity (Wildman–Crippen MR) is 106 cm³/mol. The zero-order chi connectivity index (χ0) is 21.3. The first-order chi connectivity index (χ1) is 12.8. The lowest BCUT2D eigenvalue weighted by Crippen LogP contribution is -2.50. The second kappa shape index (κ2) is 8.57. The van der Waals surface area contributed by atoms with E-state index in [1.165, 1.54) is 12.3 Å². The summed E-state index contributed by atoms with van der Waals surface area (Å²) in [5, 5.41) is 22.7. The van der Waals surface area contributed by atoms with Crippen molar-refractivity contribution in [3.05, 3.63) is 33.1 Å². The zero-order valence-corrected chi connectivity index (χ0v) is 18.0. The van der Waals surface area contributed by atoms with Gasteiger partial charge >= 0.3 is 5.69 Å². The molecule has 1 fully saturated rings. The van der Waals surface area contributed by atoms with E-state index in [1.807, 2.05) is 0 Å². The minimum absolute atomic E-state index is 0.0874. The summed E-state index contributed by atoms with van der Waals surface area (Å²) >= 11 is 0. The highest BCUT2D eigenvalue weighted by atomic mass is 28.4. The Labute approximate surface area is 164 Å². The van der Waals surface area contributed by atoms with Crippen LogP contribution in [0.2, 0.25) is 18.1 Å². The maximum Gasteiger partial charge on any atom is 0.330 e. The minimum Gasteiger partial charge on any atom is -0.408 e. The van der Waals surface area contributed by atoms with Crippen LogP contribution in [0.3, 0.4) is 0 Å². The Bertz CT molecular complexity index is 772. The normalized spacial score (nSPS) is 27.1. The number of ether oxygens (including phenoxy) is 1. The summed E-state index contributed by atoms with van der Waals surface area (Å²) in [5.74, 6) is 0. The molecule has 1 aliphatic rings. The maximum atomic E-state index is 12.2. The van der Waals surface area contributed by atoms with Gasteiger partial charge in [-0.3, -0.25) is 25.4 Å². The number of nitrogens with two attached hydrogens (primary N) is 1. The molecule has 1 aromatic heterocycles. The number of aliphatic hydroxyl groups is 2. The molecule has 0 aromatic carbocycles. The van der Waals surface area contributed by atoms with E-state index in [9.17, 15) is 19.8 Å². The summed E-state index contributed by atoms with van der Waals surface area (Å²) in [6, 6.07) is 1.20. The van der Waals surface area contributed by atoms with Crippen LogP contribution in [-0.2, 0) is 9.16 Å². The summed E-state index contributed by atoms with van der Waals surface area (Å²) in [6.07, 6.45) is -2.76. The third-order valence-electron chi connectivity index (χ3n) is 5.45. The molecule has 11 heteroatoms. The molecular formula is C17H32N4O6Si. The van der Waals surface area contributed by atoms with Gasteiger partial charge in [0, 0.05) is 18.8 Å². The standard InChI is InChI=1S/C17H32N4O6Si/c1-17(2,3)28(4,5)27-13-10(6-8-19-15(18)24)26-14(12(13)23)21-9-7-11(22)20-16(21)25/h7,9-10,12-15,19,23-24H,6,8,18H2,1-5H3,(H,20,22,25)/t10-,12+,13?,14-,15?/m1/s1. The average Bonchev–Trinajstić information content (AvgIpc) is 2.82. The molecule has 0 bridgehead atoms. The topological polar surface area (TPSA) is 152 Å². The Morgan fingerprint density at radius 1 is 1.43 bits per heavy atom. The van der Waals surface area contributed by atoms with Crippen LogP contribution in [0.5, 0.6) is 0 Å². The second-order valence-corrected chi connectivity index (χ2v) is 13.4. The van der Waals surface area contributed by atoms with Gasteiger partial charge in [-0.1, -0.05) is 20.8 Å². The number of aromatic nitrogens is 2. The predicted octanol–water partition coefficient (Wildman–Crippen LogP) is -0.600. The molecule has 10 nitrogen and oxygen atoms in total. The van der Waals surface area contributed by atoms with Gasteiger partial charge in [-0.05, 0) is 24.6 Å². The largest absolute Gasteiger partial charge is 0.408 e. The first-order valence-corrected chi connectivity index (χ1v) is 12.2. The van der Waals surface area contributed by atoms with Gasteiger partial charge in [0.25, 0.3) is 5.56 Å². The molecule has 6 N–H and O–H groups in total. The van der Waals surface area contributed by atoms with E-state index in [2.05, 4.69) is 44.2 Å². The van der Waals surface area contributed by atoms with Gasteiger partial charge in [0.05, 0.1) is 6.10 Å². The monoisotopic (exact) mass is 416 g/mol. The third-order valence-corrected chi connectivity index (χ3v) is 9.93. The van der Waals surface area contributed by atoms with Crippen LogP contribution in [-0.4, -0.2) is 59.3 Å². The molecule has 0 aliphatic carbocycles. The van der Waals surface area contributed by atoms with Crippen LogP contribution < -0.4 is 22.3 Å². The molecule has 2 heterocycles. The molecule has 1 saturated heterocycles. The number of hydrogen-bond acceptors (Lipinski definition) is 8. The summed E-state index contributed by atoms with van der Waals surface area (Å²) in [6.45, 7) is 10.7. The van der Waals surface area contributed by atoms with Gasteiger partial charge in [0.2, 0.25) is 0 Å². The molecular weight excluding hydrogens is 384 g/mol. The highest BCUT2D eigenvalue weighted by molar-refractivity contribution is 6.74.